The quantitative estimate of drug-likeness (QED) is 0.471. The highest BCUT2D eigenvalue weighted by molar-refractivity contribution is 6.68. The van der Waals surface area contributed by atoms with Crippen LogP contribution in [0.5, 0.6) is 0 Å². The number of hydrogen-bond donors (Lipinski definition) is 0. The number of alkyl halides is 8. The van der Waals surface area contributed by atoms with Crippen molar-refractivity contribution in [3.05, 3.63) is 0 Å². The van der Waals surface area contributed by atoms with E-state index in [9.17, 15) is 0 Å². The van der Waals surface area contributed by atoms with Crippen LogP contribution in [-0.2, 0) is 0 Å². The van der Waals surface area contributed by atoms with E-state index in [1.165, 1.54) is 0 Å². The van der Waals surface area contributed by atoms with Crippen molar-refractivity contribution in [2.75, 3.05) is 0 Å². The summed E-state index contributed by atoms with van der Waals surface area (Å²) in [4.78, 5) is 0. The fraction of sp³-hybridized carbons (Fsp3) is 1.00. The van der Waals surface area contributed by atoms with E-state index in [0.717, 1.165) is 0 Å². The lowest BCUT2D eigenvalue weighted by atomic mass is 10.1. The molecule has 2 atom stereocenters. The Kier molecular flexibility index (Phi) is 8.93. The van der Waals surface area contributed by atoms with Crippen LogP contribution in [0.4, 0.5) is 0 Å². The number of rotatable bonds is 5. The highest BCUT2D eigenvalue weighted by atomic mass is 35.6. The molecule has 0 nitrogen and oxygen atoms in total. The van der Waals surface area contributed by atoms with E-state index in [-0.39, 0.29) is 23.6 Å². The summed E-state index contributed by atoms with van der Waals surface area (Å²) in [5.74, 6) is 0. The van der Waals surface area contributed by atoms with Gasteiger partial charge in [0.2, 0.25) is 0 Å². The summed E-state index contributed by atoms with van der Waals surface area (Å²) < 4.78 is -2.69. The van der Waals surface area contributed by atoms with Crippen LogP contribution in [0.25, 0.3) is 0 Å². The van der Waals surface area contributed by atoms with E-state index in [4.69, 9.17) is 92.8 Å². The summed E-state index contributed by atoms with van der Waals surface area (Å²) >= 11 is 45.5. The highest BCUT2D eigenvalue weighted by Crippen LogP contribution is 2.37. The first-order valence-electron chi connectivity index (χ1n) is 4.41. The Morgan fingerprint density at radius 1 is 0.625 bits per heavy atom. The molecule has 0 radical (unpaired) electrons. The van der Waals surface area contributed by atoms with Gasteiger partial charge in [0.25, 0.3) is 0 Å². The molecule has 0 amide bonds. The lowest BCUT2D eigenvalue weighted by molar-refractivity contribution is 0.614. The summed E-state index contributed by atoms with van der Waals surface area (Å²) in [6, 6.07) is 0. The third-order valence-electron chi connectivity index (χ3n) is 1.70. The fourth-order valence-electron chi connectivity index (χ4n) is 1.07. The predicted molar refractivity (Wildman–Crippen MR) is 78.3 cm³/mol. The van der Waals surface area contributed by atoms with Gasteiger partial charge in [-0.25, -0.2) is 0 Å². The third-order valence-corrected chi connectivity index (χ3v) is 3.37. The largest absolute Gasteiger partial charge is 0.192 e. The molecule has 0 aromatic rings. The molecule has 0 saturated carbocycles. The van der Waals surface area contributed by atoms with Gasteiger partial charge < -0.3 is 0 Å². The zero-order valence-corrected chi connectivity index (χ0v) is 14.1. The van der Waals surface area contributed by atoms with E-state index in [1.54, 1.807) is 0 Å². The molecule has 0 aliphatic heterocycles. The molecule has 16 heavy (non-hydrogen) atoms. The Balaban J connectivity index is 3.80. The standard InChI is InChI=1S/C8H10Cl8/c9-5(3-7(11,12)13)1-2-6(10)4-8(14,15)16/h5-6H,1-4H2. The molecule has 2 unspecified atom stereocenters. The Hall–Kier alpha value is 2.32. The minimum Gasteiger partial charge on any atom is -0.123 e. The molecule has 0 heterocycles. The zero-order chi connectivity index (χ0) is 13.0. The first kappa shape index (κ1) is 18.3. The fourth-order valence-corrected chi connectivity index (χ4v) is 3.37. The zero-order valence-electron chi connectivity index (χ0n) is 8.01. The Morgan fingerprint density at radius 2 is 0.875 bits per heavy atom. The van der Waals surface area contributed by atoms with Crippen molar-refractivity contribution in [3.8, 4) is 0 Å². The molecule has 0 rings (SSSR count). The van der Waals surface area contributed by atoms with Crippen molar-refractivity contribution in [2.24, 2.45) is 0 Å². The number of hydrogen-bond acceptors (Lipinski definition) is 0. The van der Waals surface area contributed by atoms with Gasteiger partial charge in [0.1, 0.15) is 0 Å². The van der Waals surface area contributed by atoms with Crippen LogP contribution in [0.15, 0.2) is 0 Å². The molecule has 0 aromatic heterocycles. The van der Waals surface area contributed by atoms with E-state index in [2.05, 4.69) is 0 Å². The summed E-state index contributed by atoms with van der Waals surface area (Å²) in [6.45, 7) is 0. The first-order valence-corrected chi connectivity index (χ1v) is 7.55. The normalized spacial score (nSPS) is 17.2. The van der Waals surface area contributed by atoms with Gasteiger partial charge in [0, 0.05) is 23.6 Å². The van der Waals surface area contributed by atoms with Gasteiger partial charge in [-0.05, 0) is 12.8 Å². The van der Waals surface area contributed by atoms with E-state index >= 15 is 0 Å². The van der Waals surface area contributed by atoms with Crippen LogP contribution in [0, 0.1) is 0 Å². The maximum absolute atomic E-state index is 5.97. The van der Waals surface area contributed by atoms with Gasteiger partial charge in [-0.1, -0.05) is 69.6 Å². The van der Waals surface area contributed by atoms with Crippen molar-refractivity contribution < 1.29 is 0 Å². The van der Waals surface area contributed by atoms with Crippen LogP contribution in [-0.4, -0.2) is 18.3 Å². The van der Waals surface area contributed by atoms with E-state index in [0.29, 0.717) is 12.8 Å². The van der Waals surface area contributed by atoms with E-state index in [1.807, 2.05) is 0 Å². The second kappa shape index (κ2) is 7.80. The topological polar surface area (TPSA) is 0 Å². The lowest BCUT2D eigenvalue weighted by Gasteiger charge is -2.19. The van der Waals surface area contributed by atoms with Gasteiger partial charge >= 0.3 is 0 Å². The summed E-state index contributed by atoms with van der Waals surface area (Å²) in [5.41, 5.74) is 0. The van der Waals surface area contributed by atoms with Crippen molar-refractivity contribution in [3.63, 3.8) is 0 Å². The minimum atomic E-state index is -1.34. The molecule has 0 aliphatic rings. The van der Waals surface area contributed by atoms with Gasteiger partial charge in [0.05, 0.1) is 0 Å². The second-order valence-corrected chi connectivity index (χ2v) is 9.68. The van der Waals surface area contributed by atoms with Crippen molar-refractivity contribution in [2.45, 2.75) is 44.0 Å². The van der Waals surface area contributed by atoms with Gasteiger partial charge in [-0.15, -0.1) is 23.2 Å². The SMILES string of the molecule is ClC(CCC(Cl)CC(Cl)(Cl)Cl)CC(Cl)(Cl)Cl. The molecular formula is C8H10Cl8. The lowest BCUT2D eigenvalue weighted by Crippen LogP contribution is -2.16. The maximum Gasteiger partial charge on any atom is 0.192 e. The third kappa shape index (κ3) is 12.8. The molecule has 0 aromatic carbocycles. The summed E-state index contributed by atoms with van der Waals surface area (Å²) in [5, 5.41) is -0.520. The molecule has 0 spiro atoms. The molecule has 0 bridgehead atoms. The first-order chi connectivity index (χ1) is 6.99. The number of halogens is 8. The Morgan fingerprint density at radius 3 is 1.06 bits per heavy atom. The maximum atomic E-state index is 5.97. The summed E-state index contributed by atoms with van der Waals surface area (Å²) in [6.07, 6.45) is 1.72. The van der Waals surface area contributed by atoms with Crippen molar-refractivity contribution in [1.82, 2.24) is 0 Å². The van der Waals surface area contributed by atoms with Crippen LogP contribution < -0.4 is 0 Å². The van der Waals surface area contributed by atoms with Gasteiger partial charge in [-0.3, -0.25) is 0 Å². The second-order valence-electron chi connectivity index (χ2n) is 3.41. The Labute approximate surface area is 136 Å². The van der Waals surface area contributed by atoms with Gasteiger partial charge in [0.15, 0.2) is 7.59 Å². The minimum absolute atomic E-state index is 0.260. The molecule has 8 heteroatoms. The Bertz CT molecular complexity index is 171. The van der Waals surface area contributed by atoms with Crippen molar-refractivity contribution >= 4 is 92.8 Å². The average Bonchev–Trinajstić information content (AvgIpc) is 1.94. The van der Waals surface area contributed by atoms with Crippen LogP contribution in [0.3, 0.4) is 0 Å². The molecule has 98 valence electrons. The molecule has 0 aliphatic carbocycles. The summed E-state index contributed by atoms with van der Waals surface area (Å²) in [7, 11) is 0. The molecule has 0 N–H and O–H groups in total. The average molecular weight is 390 g/mol. The van der Waals surface area contributed by atoms with Gasteiger partial charge in [-0.2, -0.15) is 0 Å². The molecule has 0 saturated heterocycles. The monoisotopic (exact) mass is 386 g/mol. The smallest absolute Gasteiger partial charge is 0.123 e. The molecular weight excluding hydrogens is 380 g/mol. The van der Waals surface area contributed by atoms with Crippen LogP contribution in [0.2, 0.25) is 0 Å². The van der Waals surface area contributed by atoms with E-state index < -0.39 is 7.59 Å². The van der Waals surface area contributed by atoms with Crippen molar-refractivity contribution in [1.29, 1.82) is 0 Å². The predicted octanol–water partition coefficient (Wildman–Crippen LogP) is 6.50. The highest BCUT2D eigenvalue weighted by Gasteiger charge is 2.27. The molecule has 0 fully saturated rings. The van der Waals surface area contributed by atoms with Crippen LogP contribution >= 0.6 is 92.8 Å². The van der Waals surface area contributed by atoms with Crippen LogP contribution in [0.1, 0.15) is 25.7 Å².